The highest BCUT2D eigenvalue weighted by atomic mass is 32.2. The molecule has 6 nitrogen and oxygen atoms in total. The van der Waals surface area contributed by atoms with E-state index in [-0.39, 0.29) is 24.1 Å². The lowest BCUT2D eigenvalue weighted by Crippen LogP contribution is -2.35. The second kappa shape index (κ2) is 8.69. The summed E-state index contributed by atoms with van der Waals surface area (Å²) in [5.41, 5.74) is 1.92. The van der Waals surface area contributed by atoms with Gasteiger partial charge in [0.2, 0.25) is 11.8 Å². The average Bonchev–Trinajstić information content (AvgIpc) is 2.74. The number of carbonyl (C=O) groups excluding carboxylic acids is 3. The van der Waals surface area contributed by atoms with E-state index in [1.807, 2.05) is 29.2 Å². The van der Waals surface area contributed by atoms with Gasteiger partial charge in [-0.15, -0.1) is 11.8 Å². The van der Waals surface area contributed by atoms with Crippen LogP contribution >= 0.6 is 11.8 Å². The normalized spacial score (nSPS) is 18.6. The van der Waals surface area contributed by atoms with Crippen molar-refractivity contribution in [1.82, 2.24) is 4.90 Å². The SMILES string of the molecule is O=C(CC1Sc2ccccc2NC1=O)Nc1cccc(C(=O)N2CCCCC2)c1. The first-order valence-electron chi connectivity index (χ1n) is 9.86. The molecule has 0 radical (unpaired) electrons. The molecule has 2 aliphatic rings. The minimum Gasteiger partial charge on any atom is -0.339 e. The van der Waals surface area contributed by atoms with E-state index in [0.29, 0.717) is 11.3 Å². The number of fused-ring (bicyclic) bond motifs is 1. The fraction of sp³-hybridized carbons (Fsp3) is 0.318. The number of anilines is 2. The summed E-state index contributed by atoms with van der Waals surface area (Å²) in [6.45, 7) is 1.57. The summed E-state index contributed by atoms with van der Waals surface area (Å²) in [6.07, 6.45) is 3.30. The molecule has 1 fully saturated rings. The molecule has 150 valence electrons. The predicted molar refractivity (Wildman–Crippen MR) is 114 cm³/mol. The Kier molecular flexibility index (Phi) is 5.85. The number of carbonyl (C=O) groups is 3. The van der Waals surface area contributed by atoms with Gasteiger partial charge >= 0.3 is 0 Å². The molecule has 2 heterocycles. The van der Waals surface area contributed by atoms with Gasteiger partial charge in [0.15, 0.2) is 0 Å². The Morgan fingerprint density at radius 1 is 1.07 bits per heavy atom. The summed E-state index contributed by atoms with van der Waals surface area (Å²) >= 11 is 1.40. The number of nitrogens with one attached hydrogen (secondary N) is 2. The maximum Gasteiger partial charge on any atom is 0.253 e. The van der Waals surface area contributed by atoms with Gasteiger partial charge in [0, 0.05) is 35.7 Å². The molecule has 3 amide bonds. The summed E-state index contributed by atoms with van der Waals surface area (Å²) < 4.78 is 0. The van der Waals surface area contributed by atoms with E-state index in [4.69, 9.17) is 0 Å². The van der Waals surface area contributed by atoms with Crippen molar-refractivity contribution in [3.8, 4) is 0 Å². The third kappa shape index (κ3) is 4.62. The quantitative estimate of drug-likeness (QED) is 0.806. The Morgan fingerprint density at radius 2 is 1.86 bits per heavy atom. The third-order valence-electron chi connectivity index (χ3n) is 5.11. The first-order chi connectivity index (χ1) is 14.1. The van der Waals surface area contributed by atoms with Crippen LogP contribution in [0.15, 0.2) is 53.4 Å². The summed E-state index contributed by atoms with van der Waals surface area (Å²) in [6, 6.07) is 14.6. The number of nitrogens with zero attached hydrogens (tertiary/aromatic N) is 1. The summed E-state index contributed by atoms with van der Waals surface area (Å²) in [4.78, 5) is 40.3. The number of amides is 3. The van der Waals surface area contributed by atoms with E-state index in [9.17, 15) is 14.4 Å². The zero-order valence-electron chi connectivity index (χ0n) is 16.0. The Bertz CT molecular complexity index is 940. The zero-order valence-corrected chi connectivity index (χ0v) is 16.8. The zero-order chi connectivity index (χ0) is 20.2. The molecule has 1 saturated heterocycles. The first-order valence-corrected chi connectivity index (χ1v) is 10.7. The number of likely N-dealkylation sites (tertiary alicyclic amines) is 1. The van der Waals surface area contributed by atoms with Gasteiger partial charge in [-0.2, -0.15) is 0 Å². The van der Waals surface area contributed by atoms with Crippen LogP contribution in [0.4, 0.5) is 11.4 Å². The van der Waals surface area contributed by atoms with Crippen molar-refractivity contribution in [3.05, 3.63) is 54.1 Å². The van der Waals surface area contributed by atoms with Crippen molar-refractivity contribution in [3.63, 3.8) is 0 Å². The molecule has 1 unspecified atom stereocenters. The molecule has 0 bridgehead atoms. The molecule has 0 spiro atoms. The molecule has 0 saturated carbocycles. The minimum atomic E-state index is -0.483. The molecule has 0 aliphatic carbocycles. The molecule has 2 aliphatic heterocycles. The molecule has 29 heavy (non-hydrogen) atoms. The number of hydrogen-bond acceptors (Lipinski definition) is 4. The van der Waals surface area contributed by atoms with Crippen LogP contribution in [-0.4, -0.2) is 41.0 Å². The Morgan fingerprint density at radius 3 is 2.69 bits per heavy atom. The lowest BCUT2D eigenvalue weighted by Gasteiger charge is -2.27. The van der Waals surface area contributed by atoms with E-state index in [1.165, 1.54) is 11.8 Å². The van der Waals surface area contributed by atoms with Crippen LogP contribution in [0.2, 0.25) is 0 Å². The molecule has 2 aromatic rings. The highest BCUT2D eigenvalue weighted by Gasteiger charge is 2.29. The maximum atomic E-state index is 12.7. The van der Waals surface area contributed by atoms with Crippen LogP contribution in [0.1, 0.15) is 36.0 Å². The Balaban J connectivity index is 1.39. The molecule has 4 rings (SSSR count). The lowest BCUT2D eigenvalue weighted by atomic mass is 10.1. The average molecular weight is 410 g/mol. The third-order valence-corrected chi connectivity index (χ3v) is 6.39. The monoisotopic (exact) mass is 409 g/mol. The van der Waals surface area contributed by atoms with Gasteiger partial charge < -0.3 is 15.5 Å². The van der Waals surface area contributed by atoms with Gasteiger partial charge in [-0.3, -0.25) is 14.4 Å². The van der Waals surface area contributed by atoms with Crippen LogP contribution in [0.5, 0.6) is 0 Å². The van der Waals surface area contributed by atoms with Crippen molar-refractivity contribution in [2.24, 2.45) is 0 Å². The van der Waals surface area contributed by atoms with Crippen molar-refractivity contribution < 1.29 is 14.4 Å². The van der Waals surface area contributed by atoms with E-state index >= 15 is 0 Å². The second-order valence-electron chi connectivity index (χ2n) is 7.28. The summed E-state index contributed by atoms with van der Waals surface area (Å²) in [5.74, 6) is -0.419. The number of para-hydroxylation sites is 1. The van der Waals surface area contributed by atoms with E-state index in [2.05, 4.69) is 10.6 Å². The van der Waals surface area contributed by atoms with Gasteiger partial charge in [-0.25, -0.2) is 0 Å². The van der Waals surface area contributed by atoms with Crippen LogP contribution in [0.3, 0.4) is 0 Å². The lowest BCUT2D eigenvalue weighted by molar-refractivity contribution is -0.120. The predicted octanol–water partition coefficient (Wildman–Crippen LogP) is 3.75. The first kappa shape index (κ1) is 19.5. The van der Waals surface area contributed by atoms with Crippen molar-refractivity contribution in [2.45, 2.75) is 35.8 Å². The standard InChI is InChI=1S/C22H23N3O3S/c26-20(14-19-21(27)24-17-9-2-3-10-18(17)29-19)23-16-8-6-7-15(13-16)22(28)25-11-4-1-5-12-25/h2-3,6-10,13,19H,1,4-5,11-12,14H2,(H,23,26)(H,24,27). The maximum absolute atomic E-state index is 12.7. The van der Waals surface area contributed by atoms with Gasteiger partial charge in [0.1, 0.15) is 0 Å². The van der Waals surface area contributed by atoms with Crippen LogP contribution in [-0.2, 0) is 9.59 Å². The molecule has 0 aromatic heterocycles. The van der Waals surface area contributed by atoms with E-state index in [1.54, 1.807) is 24.3 Å². The van der Waals surface area contributed by atoms with Crippen molar-refractivity contribution in [1.29, 1.82) is 0 Å². The smallest absolute Gasteiger partial charge is 0.253 e. The van der Waals surface area contributed by atoms with Crippen molar-refractivity contribution >= 4 is 40.9 Å². The van der Waals surface area contributed by atoms with Gasteiger partial charge in [-0.1, -0.05) is 18.2 Å². The molecule has 7 heteroatoms. The van der Waals surface area contributed by atoms with E-state index in [0.717, 1.165) is 42.9 Å². The highest BCUT2D eigenvalue weighted by Crippen LogP contribution is 2.36. The van der Waals surface area contributed by atoms with Gasteiger partial charge in [0.25, 0.3) is 5.91 Å². The fourth-order valence-corrected chi connectivity index (χ4v) is 4.73. The molecular formula is C22H23N3O3S. The number of piperidine rings is 1. The van der Waals surface area contributed by atoms with Gasteiger partial charge in [-0.05, 0) is 49.6 Å². The molecule has 2 aromatic carbocycles. The highest BCUT2D eigenvalue weighted by molar-refractivity contribution is 8.01. The minimum absolute atomic E-state index is 0.000352. The summed E-state index contributed by atoms with van der Waals surface area (Å²) in [5, 5.41) is 5.20. The van der Waals surface area contributed by atoms with Crippen molar-refractivity contribution in [2.75, 3.05) is 23.7 Å². The van der Waals surface area contributed by atoms with Crippen LogP contribution in [0, 0.1) is 0 Å². The Hall–Kier alpha value is -2.80. The molecule has 2 N–H and O–H groups in total. The van der Waals surface area contributed by atoms with Crippen LogP contribution in [0.25, 0.3) is 0 Å². The second-order valence-corrected chi connectivity index (χ2v) is 8.52. The molecule has 1 atom stereocenters. The largest absolute Gasteiger partial charge is 0.339 e. The Labute approximate surface area is 174 Å². The number of thioether (sulfide) groups is 1. The topological polar surface area (TPSA) is 78.5 Å². The van der Waals surface area contributed by atoms with E-state index < -0.39 is 5.25 Å². The number of hydrogen-bond donors (Lipinski definition) is 2. The molecular weight excluding hydrogens is 386 g/mol. The number of rotatable bonds is 4. The summed E-state index contributed by atoms with van der Waals surface area (Å²) in [7, 11) is 0. The van der Waals surface area contributed by atoms with Gasteiger partial charge in [0.05, 0.1) is 10.9 Å². The van der Waals surface area contributed by atoms with Crippen LogP contribution < -0.4 is 10.6 Å². The number of benzene rings is 2. The fourth-order valence-electron chi connectivity index (χ4n) is 3.62.